The zero-order valence-corrected chi connectivity index (χ0v) is 16.1. The third-order valence-electron chi connectivity index (χ3n) is 4.41. The van der Waals surface area contributed by atoms with Gasteiger partial charge in [-0.25, -0.2) is 19.4 Å². The molecule has 0 bridgehead atoms. The lowest BCUT2D eigenvalue weighted by Gasteiger charge is -2.09. The van der Waals surface area contributed by atoms with Gasteiger partial charge in [-0.2, -0.15) is 5.10 Å². The van der Waals surface area contributed by atoms with Crippen molar-refractivity contribution in [3.8, 4) is 17.0 Å². The highest BCUT2D eigenvalue weighted by atomic mass is 16.7. The molecule has 0 unspecified atom stereocenters. The smallest absolute Gasteiger partial charge is 0.449 e. The number of aromatic nitrogens is 4. The van der Waals surface area contributed by atoms with Crippen LogP contribution in [0.5, 0.6) is 5.88 Å². The summed E-state index contributed by atoms with van der Waals surface area (Å²) in [5.41, 5.74) is 2.57. The summed E-state index contributed by atoms with van der Waals surface area (Å²) in [4.78, 5) is 19.5. The van der Waals surface area contributed by atoms with Crippen molar-refractivity contribution in [1.29, 1.82) is 0 Å². The van der Waals surface area contributed by atoms with E-state index in [2.05, 4.69) is 28.9 Å². The normalized spacial score (nSPS) is 10.8. The maximum atomic E-state index is 10.9. The molecular formula is C21H24N4O3. The predicted molar refractivity (Wildman–Crippen MR) is 105 cm³/mol. The molecule has 0 fully saturated rings. The number of nitrogens with zero attached hydrogens (tertiary/aromatic N) is 4. The van der Waals surface area contributed by atoms with Crippen LogP contribution in [0.1, 0.15) is 43.9 Å². The third-order valence-corrected chi connectivity index (χ3v) is 4.41. The van der Waals surface area contributed by atoms with E-state index >= 15 is 0 Å². The second-order valence-corrected chi connectivity index (χ2v) is 6.48. The van der Waals surface area contributed by atoms with Gasteiger partial charge < -0.3 is 9.84 Å². The van der Waals surface area contributed by atoms with Crippen molar-refractivity contribution in [1.82, 2.24) is 19.7 Å². The molecule has 1 N–H and O–H groups in total. The number of hydrogen-bond donors (Lipinski definition) is 1. The van der Waals surface area contributed by atoms with Crippen molar-refractivity contribution < 1.29 is 14.6 Å². The standard InChI is InChI=1S/C21H24N4O3/c1-3-5-8-19-23-18(4-2)24-25(19)14-15-9-11-16(12-10-15)17-7-6-13-22-20(17)28-21(26)27/h6-7,9-13H,3-5,8,14H2,1-2H3,(H,26,27). The lowest BCUT2D eigenvalue weighted by atomic mass is 10.1. The Kier molecular flexibility index (Phi) is 6.37. The lowest BCUT2D eigenvalue weighted by Crippen LogP contribution is -2.07. The summed E-state index contributed by atoms with van der Waals surface area (Å²) < 4.78 is 6.76. The SMILES string of the molecule is CCCCc1nc(CC)nn1Cc1ccc(-c2cccnc2OC(=O)O)cc1. The number of aryl methyl sites for hydroxylation is 2. The van der Waals surface area contributed by atoms with E-state index < -0.39 is 6.16 Å². The van der Waals surface area contributed by atoms with Gasteiger partial charge in [-0.1, -0.05) is 44.5 Å². The summed E-state index contributed by atoms with van der Waals surface area (Å²) in [7, 11) is 0. The summed E-state index contributed by atoms with van der Waals surface area (Å²) in [6.45, 7) is 4.88. The van der Waals surface area contributed by atoms with Crippen molar-refractivity contribution in [2.24, 2.45) is 0 Å². The van der Waals surface area contributed by atoms with Crippen molar-refractivity contribution in [2.75, 3.05) is 0 Å². The molecule has 7 nitrogen and oxygen atoms in total. The van der Waals surface area contributed by atoms with Gasteiger partial charge in [-0.05, 0) is 29.7 Å². The fourth-order valence-corrected chi connectivity index (χ4v) is 2.96. The van der Waals surface area contributed by atoms with Gasteiger partial charge in [0.15, 0.2) is 5.82 Å². The maximum Gasteiger partial charge on any atom is 0.512 e. The zero-order valence-electron chi connectivity index (χ0n) is 16.1. The molecule has 1 aromatic carbocycles. The summed E-state index contributed by atoms with van der Waals surface area (Å²) in [6.07, 6.45) is 4.08. The Balaban J connectivity index is 1.81. The van der Waals surface area contributed by atoms with Gasteiger partial charge in [0.2, 0.25) is 5.88 Å². The third kappa shape index (κ3) is 4.73. The van der Waals surface area contributed by atoms with Gasteiger partial charge in [0, 0.05) is 24.6 Å². The number of unbranched alkanes of at least 4 members (excludes halogenated alkanes) is 1. The predicted octanol–water partition coefficient (Wildman–Crippen LogP) is 4.35. The molecule has 0 atom stereocenters. The fourth-order valence-electron chi connectivity index (χ4n) is 2.96. The highest BCUT2D eigenvalue weighted by Gasteiger charge is 2.12. The van der Waals surface area contributed by atoms with E-state index in [1.165, 1.54) is 6.20 Å². The molecule has 0 saturated heterocycles. The molecular weight excluding hydrogens is 356 g/mol. The van der Waals surface area contributed by atoms with E-state index in [4.69, 9.17) is 9.84 Å². The van der Waals surface area contributed by atoms with Gasteiger partial charge in [-0.15, -0.1) is 0 Å². The number of rotatable bonds is 8. The quantitative estimate of drug-likeness (QED) is 0.584. The molecule has 0 spiro atoms. The Labute approximate surface area is 164 Å². The Morgan fingerprint density at radius 1 is 1.18 bits per heavy atom. The molecule has 146 valence electrons. The maximum absolute atomic E-state index is 10.9. The van der Waals surface area contributed by atoms with Gasteiger partial charge in [0.1, 0.15) is 5.82 Å². The van der Waals surface area contributed by atoms with Gasteiger partial charge in [0.25, 0.3) is 0 Å². The first-order chi connectivity index (χ1) is 13.6. The average molecular weight is 380 g/mol. The van der Waals surface area contributed by atoms with Crippen LogP contribution in [0.2, 0.25) is 0 Å². The minimum atomic E-state index is -1.38. The Hall–Kier alpha value is -3.22. The first-order valence-corrected chi connectivity index (χ1v) is 9.48. The number of hydrogen-bond acceptors (Lipinski definition) is 5. The van der Waals surface area contributed by atoms with Gasteiger partial charge in [-0.3, -0.25) is 0 Å². The highest BCUT2D eigenvalue weighted by Crippen LogP contribution is 2.28. The summed E-state index contributed by atoms with van der Waals surface area (Å²) in [6, 6.07) is 11.4. The molecule has 0 aliphatic carbocycles. The molecule has 0 aliphatic rings. The summed E-state index contributed by atoms with van der Waals surface area (Å²) in [5.74, 6) is 1.97. The summed E-state index contributed by atoms with van der Waals surface area (Å²) >= 11 is 0. The molecule has 0 saturated carbocycles. The molecule has 2 heterocycles. The molecule has 28 heavy (non-hydrogen) atoms. The van der Waals surface area contributed by atoms with Crippen molar-refractivity contribution in [2.45, 2.75) is 46.1 Å². The van der Waals surface area contributed by atoms with Crippen molar-refractivity contribution in [3.63, 3.8) is 0 Å². The Bertz CT molecular complexity index is 935. The topological polar surface area (TPSA) is 90.1 Å². The largest absolute Gasteiger partial charge is 0.512 e. The number of benzene rings is 1. The van der Waals surface area contributed by atoms with Crippen LogP contribution in [0, 0.1) is 0 Å². The first-order valence-electron chi connectivity index (χ1n) is 9.48. The Morgan fingerprint density at radius 2 is 1.96 bits per heavy atom. The first kappa shape index (κ1) is 19.5. The molecule has 3 rings (SSSR count). The van der Waals surface area contributed by atoms with E-state index in [0.717, 1.165) is 48.5 Å². The van der Waals surface area contributed by atoms with Crippen LogP contribution < -0.4 is 4.74 Å². The second kappa shape index (κ2) is 9.12. The second-order valence-electron chi connectivity index (χ2n) is 6.48. The molecule has 0 aliphatic heterocycles. The highest BCUT2D eigenvalue weighted by molar-refractivity contribution is 5.72. The number of pyridine rings is 1. The number of ether oxygens (including phenoxy) is 1. The minimum absolute atomic E-state index is 0.0773. The molecule has 7 heteroatoms. The van der Waals surface area contributed by atoms with Crippen molar-refractivity contribution in [3.05, 3.63) is 59.8 Å². The molecule has 3 aromatic rings. The van der Waals surface area contributed by atoms with Crippen LogP contribution in [-0.4, -0.2) is 31.0 Å². The van der Waals surface area contributed by atoms with Crippen LogP contribution in [0.15, 0.2) is 42.6 Å². The van der Waals surface area contributed by atoms with E-state index in [1.54, 1.807) is 12.1 Å². The van der Waals surface area contributed by atoms with Gasteiger partial charge >= 0.3 is 6.16 Å². The van der Waals surface area contributed by atoms with E-state index in [1.807, 2.05) is 28.9 Å². The van der Waals surface area contributed by atoms with E-state index in [0.29, 0.717) is 12.1 Å². The number of carbonyl (C=O) groups is 1. The summed E-state index contributed by atoms with van der Waals surface area (Å²) in [5, 5.41) is 13.5. The molecule has 0 amide bonds. The van der Waals surface area contributed by atoms with Gasteiger partial charge in [0.05, 0.1) is 6.54 Å². The van der Waals surface area contributed by atoms with Crippen LogP contribution in [-0.2, 0) is 19.4 Å². The zero-order chi connectivity index (χ0) is 19.9. The lowest BCUT2D eigenvalue weighted by molar-refractivity contribution is 0.143. The van der Waals surface area contributed by atoms with Crippen LogP contribution in [0.3, 0.4) is 0 Å². The average Bonchev–Trinajstić information content (AvgIpc) is 3.09. The van der Waals surface area contributed by atoms with Crippen molar-refractivity contribution >= 4 is 6.16 Å². The van der Waals surface area contributed by atoms with Crippen LogP contribution >= 0.6 is 0 Å². The number of carboxylic acid groups (broad SMARTS) is 1. The Morgan fingerprint density at radius 3 is 2.64 bits per heavy atom. The molecule has 2 aromatic heterocycles. The van der Waals surface area contributed by atoms with Crippen LogP contribution in [0.4, 0.5) is 4.79 Å². The van der Waals surface area contributed by atoms with E-state index in [-0.39, 0.29) is 5.88 Å². The van der Waals surface area contributed by atoms with E-state index in [9.17, 15) is 4.79 Å². The fraction of sp³-hybridized carbons (Fsp3) is 0.333. The minimum Gasteiger partial charge on any atom is -0.449 e. The monoisotopic (exact) mass is 380 g/mol. The molecule has 0 radical (unpaired) electrons. The van der Waals surface area contributed by atoms with Crippen LogP contribution in [0.25, 0.3) is 11.1 Å².